The highest BCUT2D eigenvalue weighted by molar-refractivity contribution is 5.75. The van der Waals surface area contributed by atoms with Crippen LogP contribution >= 0.6 is 0 Å². The Balaban J connectivity index is 0.999. The van der Waals surface area contributed by atoms with E-state index in [-0.39, 0.29) is 52.5 Å². The lowest BCUT2D eigenvalue weighted by molar-refractivity contribution is 0.356. The fourth-order valence-corrected chi connectivity index (χ4v) is 6.45. The molecule has 18 nitrogen and oxygen atoms in total. The van der Waals surface area contributed by atoms with Crippen molar-refractivity contribution in [1.82, 2.24) is 59.9 Å². The molecular formula is C42H30N12O6. The summed E-state index contributed by atoms with van der Waals surface area (Å²) in [4.78, 5) is 17.2. The predicted molar refractivity (Wildman–Crippen MR) is 216 cm³/mol. The molecule has 0 bridgehead atoms. The molecule has 0 aliphatic rings. The summed E-state index contributed by atoms with van der Waals surface area (Å²) in [5, 5.41) is 60.2. The second-order valence-corrected chi connectivity index (χ2v) is 13.7. The van der Waals surface area contributed by atoms with Crippen LogP contribution < -0.4 is 14.2 Å². The molecule has 0 aliphatic heterocycles. The van der Waals surface area contributed by atoms with E-state index in [0.29, 0.717) is 66.9 Å². The number of hydrogen-bond acceptors (Lipinski definition) is 15. The minimum atomic E-state index is -0.259. The Morgan fingerprint density at radius 3 is 0.833 bits per heavy atom. The fraction of sp³-hybridized carbons (Fsp3) is 0.0714. The Morgan fingerprint density at radius 1 is 0.367 bits per heavy atom. The third-order valence-electron chi connectivity index (χ3n) is 9.50. The molecule has 10 rings (SSSR count). The van der Waals surface area contributed by atoms with Gasteiger partial charge < -0.3 is 29.5 Å². The fourth-order valence-electron chi connectivity index (χ4n) is 6.45. The van der Waals surface area contributed by atoms with Crippen molar-refractivity contribution < 1.29 is 29.5 Å². The average Bonchev–Trinajstić information content (AvgIpc) is 3.98. The number of nitrogens with zero attached hydrogens (tertiary/aromatic N) is 12. The Hall–Kier alpha value is -8.67. The standard InChI is InChI=1S/C42H30N12O6/c1-22-16-31(52-46-25-10-4-5-11-26(25)47-52)34(55)19-37(22)58-40-43-41(59-38-20-35(56)32(17-23(38)2)53-48-27-12-6-7-13-28(27)49-53)45-42(44-40)60-39-21-36(57)33(18-24(39)3)54-50-29-14-8-9-15-30(29)51-54/h4-21,55-57H,1-3H3. The Morgan fingerprint density at radius 2 is 0.600 bits per heavy atom. The van der Waals surface area contributed by atoms with Gasteiger partial charge in [-0.2, -0.15) is 0 Å². The zero-order valence-corrected chi connectivity index (χ0v) is 31.8. The molecule has 294 valence electrons. The minimum Gasteiger partial charge on any atom is -0.505 e. The summed E-state index contributed by atoms with van der Waals surface area (Å²) in [6.07, 6.45) is 0. The van der Waals surface area contributed by atoms with Crippen molar-refractivity contribution in [2.45, 2.75) is 20.8 Å². The lowest BCUT2D eigenvalue weighted by atomic mass is 10.2. The molecule has 0 fully saturated rings. The van der Waals surface area contributed by atoms with Gasteiger partial charge in [0.15, 0.2) is 0 Å². The van der Waals surface area contributed by atoms with Gasteiger partial charge in [0.25, 0.3) is 0 Å². The van der Waals surface area contributed by atoms with Crippen LogP contribution in [0.25, 0.3) is 50.2 Å². The highest BCUT2D eigenvalue weighted by atomic mass is 16.5. The van der Waals surface area contributed by atoms with Crippen molar-refractivity contribution in [3.05, 3.63) is 126 Å². The van der Waals surface area contributed by atoms with Gasteiger partial charge in [0.1, 0.15) is 84.7 Å². The minimum absolute atomic E-state index is 0.172. The molecule has 3 N–H and O–H groups in total. The zero-order valence-electron chi connectivity index (χ0n) is 31.8. The van der Waals surface area contributed by atoms with Crippen LogP contribution in [0.3, 0.4) is 0 Å². The highest BCUT2D eigenvalue weighted by Gasteiger charge is 2.21. The van der Waals surface area contributed by atoms with E-state index in [2.05, 4.69) is 45.5 Å². The maximum absolute atomic E-state index is 11.1. The van der Waals surface area contributed by atoms with E-state index in [1.54, 1.807) is 39.0 Å². The molecule has 10 aromatic rings. The number of ether oxygens (including phenoxy) is 3. The van der Waals surface area contributed by atoms with Crippen LogP contribution in [0.2, 0.25) is 0 Å². The van der Waals surface area contributed by atoms with E-state index in [9.17, 15) is 15.3 Å². The maximum atomic E-state index is 11.1. The van der Waals surface area contributed by atoms with E-state index in [1.165, 1.54) is 32.6 Å². The van der Waals surface area contributed by atoms with Crippen LogP contribution in [0.4, 0.5) is 0 Å². The van der Waals surface area contributed by atoms with Gasteiger partial charge in [0, 0.05) is 18.2 Å². The molecular weight excluding hydrogens is 769 g/mol. The summed E-state index contributed by atoms with van der Waals surface area (Å²) in [5.41, 5.74) is 6.71. The molecule has 4 heterocycles. The lowest BCUT2D eigenvalue weighted by Gasteiger charge is -2.14. The number of aromatic nitrogens is 12. The van der Waals surface area contributed by atoms with Gasteiger partial charge in [-0.05, 0) is 92.1 Å². The van der Waals surface area contributed by atoms with Crippen molar-refractivity contribution >= 4 is 33.1 Å². The van der Waals surface area contributed by atoms with Crippen molar-refractivity contribution in [2.75, 3.05) is 0 Å². The zero-order chi connectivity index (χ0) is 41.1. The largest absolute Gasteiger partial charge is 0.505 e. The number of phenols is 3. The monoisotopic (exact) mass is 798 g/mol. The number of hydrogen-bond donors (Lipinski definition) is 3. The molecule has 0 saturated heterocycles. The molecule has 0 unspecified atom stereocenters. The molecule has 6 aromatic carbocycles. The smallest absolute Gasteiger partial charge is 0.331 e. The van der Waals surface area contributed by atoms with Gasteiger partial charge in [-0.25, -0.2) is 0 Å². The van der Waals surface area contributed by atoms with Crippen molar-refractivity contribution in [1.29, 1.82) is 0 Å². The third-order valence-corrected chi connectivity index (χ3v) is 9.50. The number of benzene rings is 6. The van der Waals surface area contributed by atoms with Crippen LogP contribution in [0.15, 0.2) is 109 Å². The molecule has 0 spiro atoms. The average molecular weight is 799 g/mol. The molecule has 0 radical (unpaired) electrons. The van der Waals surface area contributed by atoms with Crippen molar-refractivity contribution in [3.8, 4) is 69.6 Å². The first-order valence-corrected chi connectivity index (χ1v) is 18.4. The molecule has 0 amide bonds. The summed E-state index contributed by atoms with van der Waals surface area (Å²) in [6.45, 7) is 5.31. The predicted octanol–water partition coefficient (Wildman–Crippen LogP) is 7.49. The molecule has 4 aromatic heterocycles. The third kappa shape index (κ3) is 6.58. The van der Waals surface area contributed by atoms with E-state index >= 15 is 0 Å². The topological polar surface area (TPSA) is 219 Å². The van der Waals surface area contributed by atoms with Crippen LogP contribution in [0, 0.1) is 20.8 Å². The van der Waals surface area contributed by atoms with Gasteiger partial charge in [0.2, 0.25) is 0 Å². The number of aryl methyl sites for hydroxylation is 3. The molecule has 60 heavy (non-hydrogen) atoms. The molecule has 18 heteroatoms. The Labute approximate surface area is 338 Å². The molecule has 0 atom stereocenters. The number of aromatic hydroxyl groups is 3. The van der Waals surface area contributed by atoms with Gasteiger partial charge in [0.05, 0.1) is 0 Å². The van der Waals surface area contributed by atoms with E-state index < -0.39 is 0 Å². The van der Waals surface area contributed by atoms with Crippen LogP contribution in [0.5, 0.6) is 52.5 Å². The first-order chi connectivity index (χ1) is 29.1. The summed E-state index contributed by atoms with van der Waals surface area (Å²) >= 11 is 0. The maximum Gasteiger partial charge on any atom is 0.331 e. The quantitative estimate of drug-likeness (QED) is 0.129. The number of phenolic OH excluding ortho intramolecular Hbond substituents is 3. The SMILES string of the molecule is Cc1cc(-n2nc3ccccc3n2)c(O)cc1Oc1nc(Oc2cc(O)c(-n3nc4ccccc4n3)cc2C)nc(Oc2cc(O)c(-n3nc4ccccc4n3)cc2C)n1. The van der Waals surface area contributed by atoms with E-state index in [0.717, 1.165) is 0 Å². The van der Waals surface area contributed by atoms with E-state index in [4.69, 9.17) is 14.2 Å². The summed E-state index contributed by atoms with van der Waals surface area (Å²) in [7, 11) is 0. The van der Waals surface area contributed by atoms with Crippen LogP contribution in [0.1, 0.15) is 16.7 Å². The van der Waals surface area contributed by atoms with Gasteiger partial charge in [-0.15, -0.1) is 59.9 Å². The summed E-state index contributed by atoms with van der Waals surface area (Å²) < 4.78 is 18.4. The first kappa shape index (κ1) is 35.7. The Bertz CT molecular complexity index is 2850. The highest BCUT2D eigenvalue weighted by Crippen LogP contribution is 2.38. The summed E-state index contributed by atoms with van der Waals surface area (Å²) in [5.74, 6) is 0.0835. The van der Waals surface area contributed by atoms with Crippen molar-refractivity contribution in [2.24, 2.45) is 0 Å². The lowest BCUT2D eigenvalue weighted by Crippen LogP contribution is -2.05. The van der Waals surface area contributed by atoms with Crippen LogP contribution in [-0.4, -0.2) is 75.3 Å². The second kappa shape index (κ2) is 14.1. The molecule has 0 saturated carbocycles. The van der Waals surface area contributed by atoms with Crippen LogP contribution in [-0.2, 0) is 0 Å². The van der Waals surface area contributed by atoms with Crippen molar-refractivity contribution in [3.63, 3.8) is 0 Å². The normalized spacial score (nSPS) is 11.4. The second-order valence-electron chi connectivity index (χ2n) is 13.7. The van der Waals surface area contributed by atoms with Gasteiger partial charge in [-0.3, -0.25) is 0 Å². The Kier molecular flexibility index (Phi) is 8.37. The van der Waals surface area contributed by atoms with Gasteiger partial charge >= 0.3 is 18.0 Å². The van der Waals surface area contributed by atoms with E-state index in [1.807, 2.05) is 72.8 Å². The summed E-state index contributed by atoms with van der Waals surface area (Å²) in [6, 6.07) is 30.5. The number of rotatable bonds is 9. The van der Waals surface area contributed by atoms with Gasteiger partial charge in [-0.1, -0.05) is 36.4 Å². The number of fused-ring (bicyclic) bond motifs is 3. The molecule has 0 aliphatic carbocycles. The first-order valence-electron chi connectivity index (χ1n) is 18.4.